The van der Waals surface area contributed by atoms with Gasteiger partial charge in [0.05, 0.1) is 6.61 Å². The Hall–Kier alpha value is -2.83. The Morgan fingerprint density at radius 2 is 1.80 bits per heavy atom. The predicted octanol–water partition coefficient (Wildman–Crippen LogP) is 0.487. The average molecular weight is 278 g/mol. The van der Waals surface area contributed by atoms with E-state index in [-0.39, 0.29) is 0 Å². The molecule has 0 fully saturated rings. The third-order valence-electron chi connectivity index (χ3n) is 2.10. The smallest absolute Gasteiger partial charge is 0.328 e. The van der Waals surface area contributed by atoms with Crippen LogP contribution in [0.4, 0.5) is 0 Å². The highest BCUT2D eigenvalue weighted by atomic mass is 16.5. The van der Waals surface area contributed by atoms with E-state index in [1.54, 1.807) is 24.3 Å². The lowest BCUT2D eigenvalue weighted by Crippen LogP contribution is -2.40. The number of carbonyl (C=O) groups is 3. The number of hydrogen-bond donors (Lipinski definition) is 3. The van der Waals surface area contributed by atoms with Gasteiger partial charge in [-0.1, -0.05) is 0 Å². The van der Waals surface area contributed by atoms with E-state index in [4.69, 9.17) is 9.84 Å². The van der Waals surface area contributed by atoms with Crippen LogP contribution in [0.1, 0.15) is 17.3 Å². The van der Waals surface area contributed by atoms with E-state index in [2.05, 4.69) is 10.9 Å². The molecule has 0 aliphatic carbocycles. The SMILES string of the molecule is CCOc1ccc(C(=O)NNC(=O)/C=C/C(=O)O)cc1. The van der Waals surface area contributed by atoms with Crippen molar-refractivity contribution in [2.24, 2.45) is 0 Å². The summed E-state index contributed by atoms with van der Waals surface area (Å²) in [6, 6.07) is 6.34. The molecule has 0 saturated heterocycles. The number of hydrogen-bond acceptors (Lipinski definition) is 4. The standard InChI is InChI=1S/C13H14N2O5/c1-2-20-10-5-3-9(4-6-10)13(19)15-14-11(16)7-8-12(17)18/h3-8H,2H2,1H3,(H,14,16)(H,15,19)(H,17,18)/b8-7+. The van der Waals surface area contributed by atoms with Gasteiger partial charge >= 0.3 is 5.97 Å². The van der Waals surface area contributed by atoms with Gasteiger partial charge in [0.2, 0.25) is 0 Å². The normalized spacial score (nSPS) is 10.1. The molecule has 1 rings (SSSR count). The summed E-state index contributed by atoms with van der Waals surface area (Å²) < 4.78 is 5.23. The molecular formula is C13H14N2O5. The lowest BCUT2D eigenvalue weighted by molar-refractivity contribution is -0.131. The first-order valence-electron chi connectivity index (χ1n) is 5.77. The minimum atomic E-state index is -1.25. The van der Waals surface area contributed by atoms with Crippen LogP contribution in [0.25, 0.3) is 0 Å². The predicted molar refractivity (Wildman–Crippen MR) is 70.0 cm³/mol. The van der Waals surface area contributed by atoms with Gasteiger partial charge in [0.15, 0.2) is 0 Å². The number of hydrazine groups is 1. The fraction of sp³-hybridized carbons (Fsp3) is 0.154. The quantitative estimate of drug-likeness (QED) is 0.537. The summed E-state index contributed by atoms with van der Waals surface area (Å²) in [4.78, 5) is 33.0. The van der Waals surface area contributed by atoms with Gasteiger partial charge in [0, 0.05) is 17.7 Å². The Morgan fingerprint density at radius 1 is 1.15 bits per heavy atom. The first-order chi connectivity index (χ1) is 9.52. The molecule has 3 N–H and O–H groups in total. The number of carboxylic acid groups (broad SMARTS) is 1. The van der Waals surface area contributed by atoms with E-state index in [1.165, 1.54) is 0 Å². The van der Waals surface area contributed by atoms with Crippen LogP contribution in [0.3, 0.4) is 0 Å². The Bertz CT molecular complexity index is 522. The average Bonchev–Trinajstić information content (AvgIpc) is 2.43. The number of rotatable bonds is 5. The fourth-order valence-electron chi connectivity index (χ4n) is 1.25. The van der Waals surface area contributed by atoms with Crippen molar-refractivity contribution in [1.29, 1.82) is 0 Å². The van der Waals surface area contributed by atoms with E-state index in [1.807, 2.05) is 6.92 Å². The fourth-order valence-corrected chi connectivity index (χ4v) is 1.25. The maximum absolute atomic E-state index is 11.6. The largest absolute Gasteiger partial charge is 0.494 e. The van der Waals surface area contributed by atoms with Crippen molar-refractivity contribution >= 4 is 17.8 Å². The van der Waals surface area contributed by atoms with Crippen LogP contribution >= 0.6 is 0 Å². The van der Waals surface area contributed by atoms with E-state index in [0.717, 1.165) is 6.08 Å². The lowest BCUT2D eigenvalue weighted by atomic mass is 10.2. The number of ether oxygens (including phenoxy) is 1. The van der Waals surface area contributed by atoms with Crippen LogP contribution < -0.4 is 15.6 Å². The highest BCUT2D eigenvalue weighted by Gasteiger charge is 2.06. The van der Waals surface area contributed by atoms with Crippen LogP contribution in [-0.2, 0) is 9.59 Å². The first kappa shape index (κ1) is 15.2. The van der Waals surface area contributed by atoms with E-state index >= 15 is 0 Å². The molecule has 0 saturated carbocycles. The number of benzene rings is 1. The van der Waals surface area contributed by atoms with Gasteiger partial charge < -0.3 is 9.84 Å². The van der Waals surface area contributed by atoms with Gasteiger partial charge in [0.1, 0.15) is 5.75 Å². The molecule has 0 atom stereocenters. The molecule has 7 heteroatoms. The van der Waals surface area contributed by atoms with Gasteiger partial charge in [-0.3, -0.25) is 20.4 Å². The summed E-state index contributed by atoms with van der Waals surface area (Å²) >= 11 is 0. The second kappa shape index (κ2) is 7.57. The van der Waals surface area contributed by atoms with Crippen molar-refractivity contribution in [2.45, 2.75) is 6.92 Å². The topological polar surface area (TPSA) is 105 Å². The van der Waals surface area contributed by atoms with E-state index in [0.29, 0.717) is 24.0 Å². The van der Waals surface area contributed by atoms with Gasteiger partial charge in [-0.2, -0.15) is 0 Å². The Morgan fingerprint density at radius 3 is 2.35 bits per heavy atom. The van der Waals surface area contributed by atoms with Crippen LogP contribution in [0.5, 0.6) is 5.75 Å². The second-order valence-corrected chi connectivity index (χ2v) is 3.57. The van der Waals surface area contributed by atoms with Crippen LogP contribution in [0.2, 0.25) is 0 Å². The maximum Gasteiger partial charge on any atom is 0.328 e. The summed E-state index contributed by atoms with van der Waals surface area (Å²) in [5.74, 6) is -1.88. The highest BCUT2D eigenvalue weighted by Crippen LogP contribution is 2.11. The van der Waals surface area contributed by atoms with Gasteiger partial charge in [-0.25, -0.2) is 4.79 Å². The van der Waals surface area contributed by atoms with Crippen molar-refractivity contribution in [2.75, 3.05) is 6.61 Å². The van der Waals surface area contributed by atoms with Crippen molar-refractivity contribution in [3.63, 3.8) is 0 Å². The molecular weight excluding hydrogens is 264 g/mol. The molecule has 0 heterocycles. The molecule has 0 aromatic heterocycles. The van der Waals surface area contributed by atoms with Crippen molar-refractivity contribution < 1.29 is 24.2 Å². The number of aliphatic carboxylic acids is 1. The molecule has 0 bridgehead atoms. The Balaban J connectivity index is 2.50. The highest BCUT2D eigenvalue weighted by molar-refractivity contribution is 5.98. The third-order valence-corrected chi connectivity index (χ3v) is 2.10. The second-order valence-electron chi connectivity index (χ2n) is 3.57. The molecule has 7 nitrogen and oxygen atoms in total. The summed E-state index contributed by atoms with van der Waals surface area (Å²) in [6.45, 7) is 2.37. The molecule has 0 spiro atoms. The summed E-state index contributed by atoms with van der Waals surface area (Å²) in [7, 11) is 0. The molecule has 0 aliphatic heterocycles. The zero-order chi connectivity index (χ0) is 15.0. The first-order valence-corrected chi connectivity index (χ1v) is 5.77. The van der Waals surface area contributed by atoms with Gasteiger partial charge in [-0.05, 0) is 31.2 Å². The maximum atomic E-state index is 11.6. The van der Waals surface area contributed by atoms with E-state index in [9.17, 15) is 14.4 Å². The van der Waals surface area contributed by atoms with Crippen LogP contribution in [0.15, 0.2) is 36.4 Å². The zero-order valence-corrected chi connectivity index (χ0v) is 10.8. The summed E-state index contributed by atoms with van der Waals surface area (Å²) in [6.07, 6.45) is 1.46. The number of nitrogens with one attached hydrogen (secondary N) is 2. The Kier molecular flexibility index (Phi) is 5.76. The third kappa shape index (κ3) is 5.21. The number of carbonyl (C=O) groups excluding carboxylic acids is 2. The zero-order valence-electron chi connectivity index (χ0n) is 10.8. The molecule has 2 amide bonds. The molecule has 106 valence electrons. The van der Waals surface area contributed by atoms with Gasteiger partial charge in [-0.15, -0.1) is 0 Å². The molecule has 1 aromatic rings. The van der Waals surface area contributed by atoms with Crippen LogP contribution in [-0.4, -0.2) is 29.5 Å². The van der Waals surface area contributed by atoms with Crippen molar-refractivity contribution in [3.8, 4) is 5.75 Å². The van der Waals surface area contributed by atoms with E-state index < -0.39 is 17.8 Å². The lowest BCUT2D eigenvalue weighted by Gasteiger charge is -2.06. The van der Waals surface area contributed by atoms with Crippen LogP contribution in [0, 0.1) is 0 Å². The molecule has 20 heavy (non-hydrogen) atoms. The minimum absolute atomic E-state index is 0.330. The molecule has 0 radical (unpaired) electrons. The number of amides is 2. The summed E-state index contributed by atoms with van der Waals surface area (Å²) in [5.41, 5.74) is 4.54. The monoisotopic (exact) mass is 278 g/mol. The Labute approximate surface area is 115 Å². The number of carboxylic acids is 1. The van der Waals surface area contributed by atoms with Crippen molar-refractivity contribution in [3.05, 3.63) is 42.0 Å². The van der Waals surface area contributed by atoms with Crippen molar-refractivity contribution in [1.82, 2.24) is 10.9 Å². The minimum Gasteiger partial charge on any atom is -0.494 e. The molecule has 0 aliphatic rings. The molecule has 0 unspecified atom stereocenters. The summed E-state index contributed by atoms with van der Waals surface area (Å²) in [5, 5.41) is 8.32. The van der Waals surface area contributed by atoms with Gasteiger partial charge in [0.25, 0.3) is 11.8 Å². The molecule has 1 aromatic carbocycles.